The van der Waals surface area contributed by atoms with Crippen LogP contribution in [-0.2, 0) is 18.2 Å². The van der Waals surface area contributed by atoms with Crippen LogP contribution in [0.25, 0.3) is 0 Å². The largest absolute Gasteiger partial charge is 0.342 e. The van der Waals surface area contributed by atoms with Crippen LogP contribution in [0.1, 0.15) is 19.3 Å². The Morgan fingerprint density at radius 3 is 2.20 bits per heavy atom. The fourth-order valence-corrected chi connectivity index (χ4v) is 2.08. The number of rotatable bonds is 7. The predicted octanol–water partition coefficient (Wildman–Crippen LogP) is 1.56. The van der Waals surface area contributed by atoms with Gasteiger partial charge in [0.15, 0.2) is 0 Å². The highest BCUT2D eigenvalue weighted by Crippen LogP contribution is 2.25. The first-order valence-corrected chi connectivity index (χ1v) is 6.12. The van der Waals surface area contributed by atoms with Crippen molar-refractivity contribution in [3.8, 4) is 0 Å². The van der Waals surface area contributed by atoms with E-state index in [1.54, 1.807) is 0 Å². The summed E-state index contributed by atoms with van der Waals surface area (Å²) in [6.45, 7) is 2.50. The van der Waals surface area contributed by atoms with Gasteiger partial charge in [-0.1, -0.05) is 0 Å². The van der Waals surface area contributed by atoms with Gasteiger partial charge in [0.05, 0.1) is 0 Å². The Kier molecular flexibility index (Phi) is 5.75. The number of nitrogens with zero attached hydrogens (tertiary/aromatic N) is 1. The van der Waals surface area contributed by atoms with Gasteiger partial charge in [-0.15, -0.1) is 0 Å². The lowest BCUT2D eigenvalue weighted by molar-refractivity contribution is -0.268. The molecule has 1 aliphatic heterocycles. The summed E-state index contributed by atoms with van der Waals surface area (Å²) in [4.78, 5) is 2.13. The highest BCUT2D eigenvalue weighted by molar-refractivity contribution is 7.18. The molecule has 0 bridgehead atoms. The topological polar surface area (TPSA) is 76.1 Å². The molecule has 0 spiro atoms. The van der Waals surface area contributed by atoms with Crippen molar-refractivity contribution in [2.75, 3.05) is 19.6 Å². The van der Waals surface area contributed by atoms with Crippen molar-refractivity contribution in [3.05, 3.63) is 0 Å². The first kappa shape index (κ1) is 13.1. The summed E-state index contributed by atoms with van der Waals surface area (Å²) in [6.07, 6.45) is 2.39. The Labute approximate surface area is 91.1 Å². The fourth-order valence-electron chi connectivity index (χ4n) is 1.53. The molecule has 0 aromatic carbocycles. The maximum atomic E-state index is 10.2. The molecule has 0 aromatic rings. The molecule has 1 aliphatic rings. The van der Waals surface area contributed by atoms with Gasteiger partial charge < -0.3 is 10.0 Å². The fraction of sp³-hybridized carbons (Fsp3) is 1.00. The van der Waals surface area contributed by atoms with Crippen molar-refractivity contribution >= 4 is 17.4 Å². The minimum absolute atomic E-state index is 0.109. The average molecular weight is 253 g/mol. The Bertz CT molecular complexity index is 211. The van der Waals surface area contributed by atoms with Crippen LogP contribution in [0.5, 0.6) is 0 Å². The van der Waals surface area contributed by atoms with E-state index in [1.165, 1.54) is 0 Å². The van der Waals surface area contributed by atoms with E-state index in [4.69, 9.17) is 0 Å². The number of hydrogen-bond acceptors (Lipinski definition) is 6. The normalized spacial score (nSPS) is 22.2. The van der Waals surface area contributed by atoms with Crippen molar-refractivity contribution in [3.63, 3.8) is 0 Å². The van der Waals surface area contributed by atoms with E-state index in [2.05, 4.69) is 13.9 Å². The lowest BCUT2D eigenvalue weighted by Gasteiger charge is -2.23. The number of aliphatic hydroxyl groups is 1. The van der Waals surface area contributed by atoms with Crippen LogP contribution in [0.15, 0.2) is 0 Å². The molecular formula is C7H13NO5P2. The molecule has 1 saturated heterocycles. The zero-order chi connectivity index (χ0) is 11.1. The molecule has 0 radical (unpaired) electrons. The van der Waals surface area contributed by atoms with E-state index < -0.39 is 23.3 Å². The van der Waals surface area contributed by atoms with Crippen LogP contribution in [0.3, 0.4) is 0 Å². The molecule has 0 aromatic heterocycles. The van der Waals surface area contributed by atoms with Crippen molar-refractivity contribution in [1.29, 1.82) is 0 Å². The first-order valence-electron chi connectivity index (χ1n) is 4.66. The molecule has 0 saturated carbocycles. The summed E-state index contributed by atoms with van der Waals surface area (Å²) in [7, 11) is -1.40. The third-order valence-electron chi connectivity index (χ3n) is 2.30. The maximum absolute atomic E-state index is 10.2. The summed E-state index contributed by atoms with van der Waals surface area (Å²) in [5, 5.41) is 9.59. The van der Waals surface area contributed by atoms with Crippen molar-refractivity contribution in [2.24, 2.45) is 0 Å². The summed E-state index contributed by atoms with van der Waals surface area (Å²) in [5.74, 6) is -2.03. The van der Waals surface area contributed by atoms with Crippen LogP contribution >= 0.6 is 17.4 Å². The molecule has 8 heteroatoms. The third-order valence-corrected chi connectivity index (χ3v) is 3.02. The quantitative estimate of drug-likeness (QED) is 0.548. The predicted molar refractivity (Wildman–Crippen MR) is 52.6 cm³/mol. The zero-order valence-electron chi connectivity index (χ0n) is 8.16. The molecule has 0 aliphatic carbocycles. The van der Waals surface area contributed by atoms with Crippen molar-refractivity contribution in [1.82, 2.24) is 4.90 Å². The van der Waals surface area contributed by atoms with Crippen LogP contribution in [-0.4, -0.2) is 35.6 Å². The van der Waals surface area contributed by atoms with Crippen LogP contribution in [0.2, 0.25) is 0 Å². The Morgan fingerprint density at radius 2 is 1.73 bits per heavy atom. The second-order valence-electron chi connectivity index (χ2n) is 3.34. The van der Waals surface area contributed by atoms with Gasteiger partial charge in [0.2, 0.25) is 0 Å². The van der Waals surface area contributed by atoms with E-state index in [-0.39, 0.29) is 6.42 Å². The molecule has 1 heterocycles. The lowest BCUT2D eigenvalue weighted by atomic mass is 10.3. The Hall–Kier alpha value is 0.0400. The molecule has 0 atom stereocenters. The minimum atomic E-state index is -2.03. The smallest absolute Gasteiger partial charge is 0.332 e. The zero-order valence-corrected chi connectivity index (χ0v) is 9.95. The van der Waals surface area contributed by atoms with Gasteiger partial charge in [0, 0.05) is 13.0 Å². The van der Waals surface area contributed by atoms with Gasteiger partial charge in [-0.2, -0.15) is 0 Å². The van der Waals surface area contributed by atoms with E-state index in [1.807, 2.05) is 0 Å². The van der Waals surface area contributed by atoms with E-state index >= 15 is 0 Å². The minimum Gasteiger partial charge on any atom is -0.342 e. The summed E-state index contributed by atoms with van der Waals surface area (Å²) >= 11 is 0. The second-order valence-corrected chi connectivity index (χ2v) is 4.01. The molecule has 86 valence electrons. The molecular weight excluding hydrogens is 240 g/mol. The SMILES string of the molecule is O=POC(O)(CCN1CCCC1)OP=O. The summed E-state index contributed by atoms with van der Waals surface area (Å²) < 4.78 is 29.3. The molecule has 1 fully saturated rings. The van der Waals surface area contributed by atoms with E-state index in [0.29, 0.717) is 6.54 Å². The van der Waals surface area contributed by atoms with Crippen molar-refractivity contribution in [2.45, 2.75) is 25.2 Å². The van der Waals surface area contributed by atoms with Gasteiger partial charge in [0.1, 0.15) is 0 Å². The van der Waals surface area contributed by atoms with E-state index in [9.17, 15) is 14.2 Å². The second kappa shape index (κ2) is 6.59. The van der Waals surface area contributed by atoms with Gasteiger partial charge >= 0.3 is 23.3 Å². The number of likely N-dealkylation sites (tertiary alicyclic amines) is 1. The monoisotopic (exact) mass is 253 g/mol. The van der Waals surface area contributed by atoms with Crippen LogP contribution in [0.4, 0.5) is 0 Å². The van der Waals surface area contributed by atoms with Gasteiger partial charge in [-0.05, 0) is 25.9 Å². The molecule has 1 N–H and O–H groups in total. The Balaban J connectivity index is 2.35. The molecule has 15 heavy (non-hydrogen) atoms. The summed E-state index contributed by atoms with van der Waals surface area (Å²) in [5.41, 5.74) is 0. The van der Waals surface area contributed by atoms with Crippen LogP contribution in [0, 0.1) is 0 Å². The van der Waals surface area contributed by atoms with Gasteiger partial charge in [0.25, 0.3) is 0 Å². The average Bonchev–Trinajstić information content (AvgIpc) is 2.68. The van der Waals surface area contributed by atoms with Gasteiger partial charge in [-0.3, -0.25) is 0 Å². The van der Waals surface area contributed by atoms with Gasteiger partial charge in [-0.25, -0.2) is 18.2 Å². The highest BCUT2D eigenvalue weighted by Gasteiger charge is 2.31. The first-order chi connectivity index (χ1) is 7.20. The van der Waals surface area contributed by atoms with E-state index in [0.717, 1.165) is 25.9 Å². The maximum Gasteiger partial charge on any atom is 0.332 e. The summed E-state index contributed by atoms with van der Waals surface area (Å²) in [6, 6.07) is 0. The highest BCUT2D eigenvalue weighted by atomic mass is 31.1. The molecule has 0 amide bonds. The number of hydrogen-bond donors (Lipinski definition) is 1. The standard InChI is InChI=1S/C7H13NO5P2/c9-7(12-14-10,13-15-11)3-6-8-4-1-2-5-8/h9H,1-6H2. The lowest BCUT2D eigenvalue weighted by Crippen LogP contribution is -2.35. The Morgan fingerprint density at radius 1 is 1.20 bits per heavy atom. The molecule has 0 unspecified atom stereocenters. The third kappa shape index (κ3) is 4.60. The van der Waals surface area contributed by atoms with Crippen molar-refractivity contribution < 1.29 is 23.3 Å². The molecule has 6 nitrogen and oxygen atoms in total. The van der Waals surface area contributed by atoms with Crippen LogP contribution < -0.4 is 0 Å². The molecule has 1 rings (SSSR count).